The molecule has 2 aromatic rings. The van der Waals surface area contributed by atoms with Crippen molar-refractivity contribution in [2.24, 2.45) is 0 Å². The average molecular weight is 435 g/mol. The molecule has 4 nitrogen and oxygen atoms in total. The number of rotatable bonds is 6. The molecule has 0 amide bonds. The van der Waals surface area contributed by atoms with Crippen molar-refractivity contribution >= 4 is 23.2 Å². The van der Waals surface area contributed by atoms with Gasteiger partial charge < -0.3 is 19.3 Å². The summed E-state index contributed by atoms with van der Waals surface area (Å²) in [6.45, 7) is 4.03. The maximum absolute atomic E-state index is 6.49. The van der Waals surface area contributed by atoms with Crippen LogP contribution in [0.2, 0.25) is 10.0 Å². The average Bonchev–Trinajstić information content (AvgIpc) is 3.27. The summed E-state index contributed by atoms with van der Waals surface area (Å²) in [6.07, 6.45) is 3.28. The molecule has 0 saturated carbocycles. The third-order valence-electron chi connectivity index (χ3n) is 5.68. The van der Waals surface area contributed by atoms with Gasteiger partial charge in [-0.1, -0.05) is 35.3 Å². The third-order valence-corrected chi connectivity index (χ3v) is 6.28. The minimum Gasteiger partial charge on any atom is -0.487 e. The van der Waals surface area contributed by atoms with Gasteiger partial charge in [0, 0.05) is 26.2 Å². The Balaban J connectivity index is 1.38. The van der Waals surface area contributed by atoms with Crippen LogP contribution in [0.1, 0.15) is 24.0 Å². The molecule has 2 aliphatic rings. The molecule has 0 bridgehead atoms. The summed E-state index contributed by atoms with van der Waals surface area (Å²) in [5.74, 6) is 1.53. The van der Waals surface area contributed by atoms with Crippen molar-refractivity contribution in [1.29, 1.82) is 0 Å². The number of halogens is 2. The Morgan fingerprint density at radius 1 is 0.793 bits per heavy atom. The minimum atomic E-state index is 0.217. The van der Waals surface area contributed by atoms with Gasteiger partial charge in [0.15, 0.2) is 0 Å². The molecule has 0 aliphatic carbocycles. The second-order valence-electron chi connectivity index (χ2n) is 8.29. The summed E-state index contributed by atoms with van der Waals surface area (Å²) in [5.41, 5.74) is 2.26. The molecular weight excluding hydrogens is 407 g/mol. The first kappa shape index (κ1) is 20.8. The molecule has 2 heterocycles. The molecule has 0 radical (unpaired) electrons. The number of likely N-dealkylation sites (tertiary alicyclic amines) is 2. The van der Waals surface area contributed by atoms with E-state index in [4.69, 9.17) is 32.7 Å². The van der Waals surface area contributed by atoms with E-state index in [1.165, 1.54) is 0 Å². The Morgan fingerprint density at radius 2 is 1.24 bits per heavy atom. The largest absolute Gasteiger partial charge is 0.487 e. The zero-order valence-electron chi connectivity index (χ0n) is 17.0. The molecule has 0 spiro atoms. The Morgan fingerprint density at radius 3 is 1.59 bits per heavy atom. The van der Waals surface area contributed by atoms with Crippen LogP contribution in [0.3, 0.4) is 0 Å². The SMILES string of the molecule is CN1CCC(Oc2ccc(Cc3ccc(OC4CCN(C)C4)c(Cl)c3)cc2Cl)C1. The Hall–Kier alpha value is -1.46. The second kappa shape index (κ2) is 9.13. The van der Waals surface area contributed by atoms with Crippen molar-refractivity contribution < 1.29 is 9.47 Å². The molecule has 2 saturated heterocycles. The lowest BCUT2D eigenvalue weighted by atomic mass is 10.0. The van der Waals surface area contributed by atoms with Gasteiger partial charge in [-0.25, -0.2) is 0 Å². The summed E-state index contributed by atoms with van der Waals surface area (Å²) < 4.78 is 12.1. The van der Waals surface area contributed by atoms with Crippen molar-refractivity contribution in [3.05, 3.63) is 57.6 Å². The molecule has 2 fully saturated rings. The molecule has 4 rings (SSSR count). The van der Waals surface area contributed by atoms with E-state index in [0.29, 0.717) is 10.0 Å². The molecule has 0 aromatic heterocycles. The van der Waals surface area contributed by atoms with Crippen LogP contribution in [-0.4, -0.2) is 62.3 Å². The van der Waals surface area contributed by atoms with Crippen molar-refractivity contribution in [2.75, 3.05) is 40.3 Å². The molecule has 156 valence electrons. The Kier molecular flexibility index (Phi) is 6.55. The summed E-state index contributed by atoms with van der Waals surface area (Å²) in [4.78, 5) is 4.55. The normalized spacial score (nSPS) is 22.9. The van der Waals surface area contributed by atoms with Gasteiger partial charge in [0.25, 0.3) is 0 Å². The van der Waals surface area contributed by atoms with E-state index in [9.17, 15) is 0 Å². The summed E-state index contributed by atoms with van der Waals surface area (Å²) in [7, 11) is 4.23. The number of benzene rings is 2. The second-order valence-corrected chi connectivity index (χ2v) is 9.10. The quantitative estimate of drug-likeness (QED) is 0.654. The molecule has 29 heavy (non-hydrogen) atoms. The predicted octanol–water partition coefficient (Wildman–Crippen LogP) is 4.75. The van der Waals surface area contributed by atoms with Gasteiger partial charge in [0.1, 0.15) is 23.7 Å². The van der Waals surface area contributed by atoms with Crippen molar-refractivity contribution in [3.63, 3.8) is 0 Å². The Bertz CT molecular complexity index is 791. The monoisotopic (exact) mass is 434 g/mol. The van der Waals surface area contributed by atoms with Crippen LogP contribution in [0.25, 0.3) is 0 Å². The van der Waals surface area contributed by atoms with Gasteiger partial charge in [-0.3, -0.25) is 0 Å². The van der Waals surface area contributed by atoms with E-state index >= 15 is 0 Å². The maximum atomic E-state index is 6.49. The van der Waals surface area contributed by atoms with E-state index in [2.05, 4.69) is 36.0 Å². The van der Waals surface area contributed by atoms with Crippen molar-refractivity contribution in [3.8, 4) is 11.5 Å². The number of ether oxygens (including phenoxy) is 2. The van der Waals surface area contributed by atoms with Crippen molar-refractivity contribution in [2.45, 2.75) is 31.5 Å². The number of hydrogen-bond donors (Lipinski definition) is 0. The third kappa shape index (κ3) is 5.37. The zero-order valence-corrected chi connectivity index (χ0v) is 18.5. The molecule has 2 atom stereocenters. The van der Waals surface area contributed by atoms with Crippen LogP contribution in [0.5, 0.6) is 11.5 Å². The van der Waals surface area contributed by atoms with Crippen LogP contribution < -0.4 is 9.47 Å². The molecule has 2 aliphatic heterocycles. The highest BCUT2D eigenvalue weighted by molar-refractivity contribution is 6.32. The number of likely N-dealkylation sites (N-methyl/N-ethyl adjacent to an activating group) is 2. The fourth-order valence-corrected chi connectivity index (χ4v) is 4.57. The molecule has 2 aromatic carbocycles. The van der Waals surface area contributed by atoms with E-state index in [-0.39, 0.29) is 12.2 Å². The van der Waals surface area contributed by atoms with Crippen molar-refractivity contribution in [1.82, 2.24) is 9.80 Å². The minimum absolute atomic E-state index is 0.217. The standard InChI is InChI=1S/C23H28Cl2N2O2/c1-26-9-7-18(14-26)28-22-5-3-16(12-20(22)24)11-17-4-6-23(21(25)13-17)29-19-8-10-27(2)15-19/h3-6,12-13,18-19H,7-11,14-15H2,1-2H3. The van der Waals surface area contributed by atoms with Gasteiger partial charge in [-0.05, 0) is 68.8 Å². The zero-order chi connectivity index (χ0) is 20.4. The predicted molar refractivity (Wildman–Crippen MR) is 119 cm³/mol. The summed E-state index contributed by atoms with van der Waals surface area (Å²) >= 11 is 13.0. The van der Waals surface area contributed by atoms with Gasteiger partial charge in [0.05, 0.1) is 10.0 Å². The van der Waals surface area contributed by atoms with Gasteiger partial charge in [-0.15, -0.1) is 0 Å². The van der Waals surface area contributed by atoms with E-state index in [1.54, 1.807) is 0 Å². The molecule has 0 N–H and O–H groups in total. The van der Waals surface area contributed by atoms with Gasteiger partial charge in [-0.2, -0.15) is 0 Å². The first-order valence-corrected chi connectivity index (χ1v) is 11.0. The van der Waals surface area contributed by atoms with Crippen LogP contribution >= 0.6 is 23.2 Å². The fraction of sp³-hybridized carbons (Fsp3) is 0.478. The summed E-state index contributed by atoms with van der Waals surface area (Å²) in [5, 5.41) is 1.32. The lowest BCUT2D eigenvalue weighted by Crippen LogP contribution is -2.21. The van der Waals surface area contributed by atoms with Crippen LogP contribution in [0.4, 0.5) is 0 Å². The first-order valence-electron chi connectivity index (χ1n) is 10.2. The smallest absolute Gasteiger partial charge is 0.138 e. The van der Waals surface area contributed by atoms with E-state index < -0.39 is 0 Å². The highest BCUT2D eigenvalue weighted by atomic mass is 35.5. The van der Waals surface area contributed by atoms with Gasteiger partial charge >= 0.3 is 0 Å². The summed E-state index contributed by atoms with van der Waals surface area (Å²) in [6, 6.07) is 12.1. The lowest BCUT2D eigenvalue weighted by Gasteiger charge is -2.16. The lowest BCUT2D eigenvalue weighted by molar-refractivity contribution is 0.208. The maximum Gasteiger partial charge on any atom is 0.138 e. The van der Waals surface area contributed by atoms with Crippen LogP contribution in [0, 0.1) is 0 Å². The molecule has 2 unspecified atom stereocenters. The van der Waals surface area contributed by atoms with Crippen LogP contribution in [0.15, 0.2) is 36.4 Å². The van der Waals surface area contributed by atoms with Gasteiger partial charge in [0.2, 0.25) is 0 Å². The van der Waals surface area contributed by atoms with Crippen LogP contribution in [-0.2, 0) is 6.42 Å². The van der Waals surface area contributed by atoms with E-state index in [0.717, 1.165) is 68.1 Å². The highest BCUT2D eigenvalue weighted by Gasteiger charge is 2.23. The topological polar surface area (TPSA) is 24.9 Å². The molecule has 6 heteroatoms. The Labute approximate surface area is 183 Å². The first-order chi connectivity index (χ1) is 14.0. The molecular formula is C23H28Cl2N2O2. The fourth-order valence-electron chi connectivity index (χ4n) is 4.08. The highest BCUT2D eigenvalue weighted by Crippen LogP contribution is 2.31. The number of hydrogen-bond acceptors (Lipinski definition) is 4. The van der Waals surface area contributed by atoms with E-state index in [1.807, 2.05) is 24.3 Å². The number of nitrogens with zero attached hydrogens (tertiary/aromatic N) is 2.